The fourth-order valence-electron chi connectivity index (χ4n) is 2.95. The molecule has 0 radical (unpaired) electrons. The predicted octanol–water partition coefficient (Wildman–Crippen LogP) is 2.04. The zero-order valence-corrected chi connectivity index (χ0v) is 14.4. The van der Waals surface area contributed by atoms with Gasteiger partial charge in [0.05, 0.1) is 0 Å². The van der Waals surface area contributed by atoms with Crippen molar-refractivity contribution in [1.82, 2.24) is 15.1 Å². The van der Waals surface area contributed by atoms with Gasteiger partial charge in [-0.15, -0.1) is 10.2 Å². The molecular formula is C18H23N5O. The van der Waals surface area contributed by atoms with Crippen molar-refractivity contribution in [3.8, 4) is 0 Å². The Hall–Kier alpha value is -2.47. The monoisotopic (exact) mass is 325 g/mol. The number of fused-ring (bicyclic) bond motifs is 1. The van der Waals surface area contributed by atoms with E-state index in [1.165, 1.54) is 5.56 Å². The summed E-state index contributed by atoms with van der Waals surface area (Å²) < 4.78 is 0. The number of carbonyl (C=O) groups excluding carboxylic acids is 1. The summed E-state index contributed by atoms with van der Waals surface area (Å²) >= 11 is 0. The Balaban J connectivity index is 1.71. The maximum atomic E-state index is 12.8. The first-order valence-electron chi connectivity index (χ1n) is 8.20. The van der Waals surface area contributed by atoms with Crippen molar-refractivity contribution in [2.75, 3.05) is 37.4 Å². The van der Waals surface area contributed by atoms with Crippen LogP contribution in [-0.4, -0.2) is 54.2 Å². The van der Waals surface area contributed by atoms with Crippen molar-refractivity contribution in [3.63, 3.8) is 0 Å². The topological polar surface area (TPSA) is 61.4 Å². The Bertz CT molecular complexity index is 714. The van der Waals surface area contributed by atoms with Crippen molar-refractivity contribution in [2.45, 2.75) is 19.4 Å². The number of likely N-dealkylation sites (N-methyl/N-ethyl adjacent to an activating group) is 1. The van der Waals surface area contributed by atoms with Gasteiger partial charge in [0.25, 0.3) is 5.91 Å². The highest BCUT2D eigenvalue weighted by molar-refractivity contribution is 6.06. The van der Waals surface area contributed by atoms with Crippen LogP contribution in [0, 0.1) is 0 Å². The first-order chi connectivity index (χ1) is 11.6. The number of hydrogen-bond donors (Lipinski definition) is 1. The number of aromatic nitrogens is 2. The molecule has 24 heavy (non-hydrogen) atoms. The number of hydrogen-bond acceptors (Lipinski definition) is 5. The molecule has 1 N–H and O–H groups in total. The number of rotatable bonds is 5. The van der Waals surface area contributed by atoms with Gasteiger partial charge in [-0.3, -0.25) is 4.79 Å². The van der Waals surface area contributed by atoms with E-state index in [2.05, 4.69) is 33.4 Å². The van der Waals surface area contributed by atoms with Crippen molar-refractivity contribution < 1.29 is 4.79 Å². The maximum Gasteiger partial charge on any atom is 0.279 e. The van der Waals surface area contributed by atoms with Gasteiger partial charge in [0.2, 0.25) is 0 Å². The molecule has 1 aliphatic heterocycles. The maximum absolute atomic E-state index is 12.8. The molecule has 2 heterocycles. The highest BCUT2D eigenvalue weighted by Crippen LogP contribution is 2.32. The normalized spacial score (nSPS) is 16.3. The summed E-state index contributed by atoms with van der Waals surface area (Å²) in [5, 5.41) is 11.4. The molecule has 1 aliphatic rings. The second-order valence-electron chi connectivity index (χ2n) is 6.39. The van der Waals surface area contributed by atoms with Crippen LogP contribution in [-0.2, 0) is 6.42 Å². The molecule has 6 heteroatoms. The van der Waals surface area contributed by atoms with E-state index in [1.807, 2.05) is 43.3 Å². The van der Waals surface area contributed by atoms with Gasteiger partial charge >= 0.3 is 0 Å². The van der Waals surface area contributed by atoms with Crippen molar-refractivity contribution in [3.05, 3.63) is 47.7 Å². The molecule has 6 nitrogen and oxygen atoms in total. The average molecular weight is 325 g/mol. The Morgan fingerprint density at radius 3 is 2.75 bits per heavy atom. The van der Waals surface area contributed by atoms with Crippen LogP contribution in [0.1, 0.15) is 23.0 Å². The Labute approximate surface area is 142 Å². The third kappa shape index (κ3) is 3.38. The second-order valence-corrected chi connectivity index (χ2v) is 6.39. The third-order valence-corrected chi connectivity index (χ3v) is 4.17. The van der Waals surface area contributed by atoms with Gasteiger partial charge in [-0.05, 0) is 51.2 Å². The Morgan fingerprint density at radius 2 is 2.04 bits per heavy atom. The molecule has 0 fully saturated rings. The first kappa shape index (κ1) is 16.4. The lowest BCUT2D eigenvalue weighted by atomic mass is 10.1. The quantitative estimate of drug-likeness (QED) is 0.911. The molecule has 1 atom stereocenters. The van der Waals surface area contributed by atoms with E-state index in [9.17, 15) is 4.79 Å². The smallest absolute Gasteiger partial charge is 0.279 e. The van der Waals surface area contributed by atoms with Crippen molar-refractivity contribution in [2.24, 2.45) is 0 Å². The van der Waals surface area contributed by atoms with E-state index in [-0.39, 0.29) is 11.9 Å². The number of benzene rings is 1. The number of para-hydroxylation sites is 1. The summed E-state index contributed by atoms with van der Waals surface area (Å²) in [5.41, 5.74) is 2.55. The zero-order valence-electron chi connectivity index (χ0n) is 14.4. The zero-order chi connectivity index (χ0) is 17.1. The van der Waals surface area contributed by atoms with E-state index in [0.717, 1.165) is 25.2 Å². The van der Waals surface area contributed by atoms with E-state index in [1.54, 1.807) is 6.07 Å². The molecule has 0 spiro atoms. The van der Waals surface area contributed by atoms with Gasteiger partial charge in [0.1, 0.15) is 5.82 Å². The lowest BCUT2D eigenvalue weighted by Gasteiger charge is -2.22. The van der Waals surface area contributed by atoms with Gasteiger partial charge < -0.3 is 15.1 Å². The molecule has 0 aliphatic carbocycles. The Kier molecular flexibility index (Phi) is 4.76. The van der Waals surface area contributed by atoms with E-state index < -0.39 is 0 Å². The summed E-state index contributed by atoms with van der Waals surface area (Å²) in [6.45, 7) is 3.75. The average Bonchev–Trinajstić information content (AvgIpc) is 2.90. The predicted molar refractivity (Wildman–Crippen MR) is 95.5 cm³/mol. The van der Waals surface area contributed by atoms with Crippen LogP contribution < -0.4 is 10.2 Å². The summed E-state index contributed by atoms with van der Waals surface area (Å²) in [6.07, 6.45) is 0.875. The Morgan fingerprint density at radius 1 is 1.25 bits per heavy atom. The van der Waals surface area contributed by atoms with Crippen molar-refractivity contribution in [1.29, 1.82) is 0 Å². The largest absolute Gasteiger partial charge is 0.367 e. The minimum atomic E-state index is -0.0974. The van der Waals surface area contributed by atoms with Gasteiger partial charge in [-0.2, -0.15) is 0 Å². The standard InChI is InChI=1S/C18H23N5O/c1-13-12-14-6-4-5-7-16(14)23(13)18(24)15-8-9-17(21-20-15)19-10-11-22(2)3/h4-9,13H,10-12H2,1-3H3,(H,19,21). The minimum Gasteiger partial charge on any atom is -0.367 e. The van der Waals surface area contributed by atoms with Crippen LogP contribution in [0.25, 0.3) is 0 Å². The number of amides is 1. The molecule has 1 unspecified atom stereocenters. The summed E-state index contributed by atoms with van der Waals surface area (Å²) in [7, 11) is 4.04. The van der Waals surface area contributed by atoms with Crippen LogP contribution in [0.2, 0.25) is 0 Å². The first-order valence-corrected chi connectivity index (χ1v) is 8.20. The van der Waals surface area contributed by atoms with Gasteiger partial charge in [-0.25, -0.2) is 0 Å². The number of nitrogens with zero attached hydrogens (tertiary/aromatic N) is 4. The molecule has 1 amide bonds. The lowest BCUT2D eigenvalue weighted by Crippen LogP contribution is -2.36. The molecule has 0 saturated heterocycles. The SMILES string of the molecule is CC1Cc2ccccc2N1C(=O)c1ccc(NCCN(C)C)nn1. The highest BCUT2D eigenvalue weighted by Gasteiger charge is 2.31. The molecule has 2 aromatic rings. The molecule has 3 rings (SSSR count). The molecule has 126 valence electrons. The molecule has 1 aromatic heterocycles. The minimum absolute atomic E-state index is 0.0974. The van der Waals surface area contributed by atoms with E-state index in [0.29, 0.717) is 11.5 Å². The van der Waals surface area contributed by atoms with Crippen LogP contribution in [0.15, 0.2) is 36.4 Å². The van der Waals surface area contributed by atoms with Crippen molar-refractivity contribution >= 4 is 17.4 Å². The fraction of sp³-hybridized carbons (Fsp3) is 0.389. The highest BCUT2D eigenvalue weighted by atomic mass is 16.2. The van der Waals surface area contributed by atoms with Crippen LogP contribution in [0.5, 0.6) is 0 Å². The second kappa shape index (κ2) is 6.97. The summed E-state index contributed by atoms with van der Waals surface area (Å²) in [5.74, 6) is 0.586. The fourth-order valence-corrected chi connectivity index (χ4v) is 2.95. The van der Waals surface area contributed by atoms with E-state index >= 15 is 0 Å². The van der Waals surface area contributed by atoms with Crippen LogP contribution in [0.4, 0.5) is 11.5 Å². The van der Waals surface area contributed by atoms with E-state index in [4.69, 9.17) is 0 Å². The van der Waals surface area contributed by atoms with Crippen LogP contribution in [0.3, 0.4) is 0 Å². The molecule has 0 bridgehead atoms. The lowest BCUT2D eigenvalue weighted by molar-refractivity contribution is 0.0975. The number of carbonyl (C=O) groups is 1. The summed E-state index contributed by atoms with van der Waals surface area (Å²) in [4.78, 5) is 16.7. The molecular weight excluding hydrogens is 302 g/mol. The van der Waals surface area contributed by atoms with Gasteiger partial charge in [-0.1, -0.05) is 18.2 Å². The molecule has 0 saturated carbocycles. The van der Waals surface area contributed by atoms with Gasteiger partial charge in [0, 0.05) is 24.8 Å². The van der Waals surface area contributed by atoms with Gasteiger partial charge in [0.15, 0.2) is 5.69 Å². The number of anilines is 2. The number of nitrogens with one attached hydrogen (secondary N) is 1. The summed E-state index contributed by atoms with van der Waals surface area (Å²) in [6, 6.07) is 11.7. The van der Waals surface area contributed by atoms with Crippen LogP contribution >= 0.6 is 0 Å². The molecule has 1 aromatic carbocycles. The third-order valence-electron chi connectivity index (χ3n) is 4.17.